The average Bonchev–Trinajstić information content (AvgIpc) is 3.10. The number of rotatable bonds is 8. The van der Waals surface area contributed by atoms with E-state index in [9.17, 15) is 4.79 Å². The minimum absolute atomic E-state index is 0.0644. The van der Waals surface area contributed by atoms with E-state index >= 15 is 0 Å². The molecule has 0 spiro atoms. The molecule has 0 radical (unpaired) electrons. The summed E-state index contributed by atoms with van der Waals surface area (Å²) in [6.07, 6.45) is 1.92. The predicted molar refractivity (Wildman–Crippen MR) is 87.4 cm³/mol. The van der Waals surface area contributed by atoms with Gasteiger partial charge in [-0.25, -0.2) is 0 Å². The number of thioether (sulfide) groups is 1. The van der Waals surface area contributed by atoms with Gasteiger partial charge in [0, 0.05) is 13.0 Å². The largest absolute Gasteiger partial charge is 0.463 e. The Morgan fingerprint density at radius 2 is 2.10 bits per heavy atom. The summed E-state index contributed by atoms with van der Waals surface area (Å²) in [5, 5.41) is 0.0644. The topological polar surface area (TPSA) is 36.7 Å². The number of carbonyl (C=O) groups excluding carboxylic acids is 1. The minimum Gasteiger partial charge on any atom is -0.463 e. The summed E-state index contributed by atoms with van der Waals surface area (Å²) in [4.78, 5) is 16.5. The second kappa shape index (κ2) is 7.90. The average molecular weight is 310 g/mol. The van der Waals surface area contributed by atoms with Crippen molar-refractivity contribution in [3.63, 3.8) is 0 Å². The van der Waals surface area contributed by atoms with Gasteiger partial charge in [-0.3, -0.25) is 4.79 Å². The lowest BCUT2D eigenvalue weighted by molar-refractivity contribution is -0.128. The van der Waals surface area contributed by atoms with Crippen LogP contribution in [0, 0.1) is 0 Å². The van der Waals surface area contributed by atoms with E-state index in [0.29, 0.717) is 5.75 Å². The number of amides is 1. The molecule has 1 atom stereocenters. The van der Waals surface area contributed by atoms with Gasteiger partial charge in [0.25, 0.3) is 0 Å². The summed E-state index contributed by atoms with van der Waals surface area (Å²) in [6, 6.07) is 4.04. The molecular weight excluding hydrogens is 284 g/mol. The SMILES string of the molecule is CCc1ccc(C2SCC(=O)N2CCCN(CC)CC)o1. The Bertz CT molecular complexity index is 457. The normalized spacial score (nSPS) is 19.0. The lowest BCUT2D eigenvalue weighted by Gasteiger charge is -2.24. The molecule has 21 heavy (non-hydrogen) atoms. The summed E-state index contributed by atoms with van der Waals surface area (Å²) in [5.74, 6) is 2.72. The van der Waals surface area contributed by atoms with Crippen molar-refractivity contribution in [2.75, 3.05) is 31.9 Å². The number of carbonyl (C=O) groups is 1. The van der Waals surface area contributed by atoms with E-state index in [1.54, 1.807) is 11.8 Å². The molecule has 0 N–H and O–H groups in total. The van der Waals surface area contributed by atoms with E-state index < -0.39 is 0 Å². The maximum absolute atomic E-state index is 12.1. The molecular formula is C16H26N2O2S. The minimum atomic E-state index is 0.0644. The fourth-order valence-corrected chi connectivity index (χ4v) is 3.81. The fraction of sp³-hybridized carbons (Fsp3) is 0.688. The van der Waals surface area contributed by atoms with E-state index in [1.807, 2.05) is 17.0 Å². The Hall–Kier alpha value is -0.940. The van der Waals surface area contributed by atoms with Gasteiger partial charge < -0.3 is 14.2 Å². The molecule has 1 aromatic heterocycles. The molecule has 2 rings (SSSR count). The van der Waals surface area contributed by atoms with Crippen LogP contribution in [0.3, 0.4) is 0 Å². The van der Waals surface area contributed by atoms with Crippen molar-refractivity contribution >= 4 is 17.7 Å². The molecule has 0 aliphatic carbocycles. The van der Waals surface area contributed by atoms with Crippen molar-refractivity contribution in [1.29, 1.82) is 0 Å². The van der Waals surface area contributed by atoms with Crippen molar-refractivity contribution in [2.45, 2.75) is 39.0 Å². The molecule has 0 bridgehead atoms. The summed E-state index contributed by atoms with van der Waals surface area (Å²) in [7, 11) is 0. The van der Waals surface area contributed by atoms with E-state index in [2.05, 4.69) is 25.7 Å². The maximum atomic E-state index is 12.1. The highest BCUT2D eigenvalue weighted by Gasteiger charge is 2.34. The van der Waals surface area contributed by atoms with Crippen molar-refractivity contribution < 1.29 is 9.21 Å². The van der Waals surface area contributed by atoms with Crippen molar-refractivity contribution in [1.82, 2.24) is 9.80 Å². The third-order valence-corrected chi connectivity index (χ3v) is 5.23. The van der Waals surface area contributed by atoms with Gasteiger partial charge in [-0.1, -0.05) is 20.8 Å². The van der Waals surface area contributed by atoms with Crippen LogP contribution in [0.15, 0.2) is 16.5 Å². The first-order chi connectivity index (χ1) is 10.2. The summed E-state index contributed by atoms with van der Waals surface area (Å²) in [5.41, 5.74) is 0. The second-order valence-corrected chi connectivity index (χ2v) is 6.36. The second-order valence-electron chi connectivity index (χ2n) is 5.29. The van der Waals surface area contributed by atoms with Crippen LogP contribution in [0.1, 0.15) is 44.1 Å². The van der Waals surface area contributed by atoms with Gasteiger partial charge >= 0.3 is 0 Å². The van der Waals surface area contributed by atoms with Crippen LogP contribution < -0.4 is 0 Å². The number of nitrogens with zero attached hydrogens (tertiary/aromatic N) is 2. The quantitative estimate of drug-likeness (QED) is 0.739. The van der Waals surface area contributed by atoms with E-state index in [-0.39, 0.29) is 11.3 Å². The van der Waals surface area contributed by atoms with Gasteiger partial charge in [0.1, 0.15) is 16.9 Å². The molecule has 2 heterocycles. The lowest BCUT2D eigenvalue weighted by Crippen LogP contribution is -2.32. The van der Waals surface area contributed by atoms with Gasteiger partial charge in [-0.15, -0.1) is 11.8 Å². The number of aryl methyl sites for hydroxylation is 1. The molecule has 1 aliphatic rings. The standard InChI is InChI=1S/C16H26N2O2S/c1-4-13-8-9-14(20-13)16-18(15(19)12-21-16)11-7-10-17(5-2)6-3/h8-9,16H,4-7,10-12H2,1-3H3. The zero-order valence-corrected chi connectivity index (χ0v) is 14.1. The number of hydrogen-bond donors (Lipinski definition) is 0. The molecule has 0 aromatic carbocycles. The summed E-state index contributed by atoms with van der Waals surface area (Å²) < 4.78 is 5.84. The molecule has 1 saturated heterocycles. The third kappa shape index (κ3) is 4.04. The van der Waals surface area contributed by atoms with E-state index in [0.717, 1.165) is 50.5 Å². The van der Waals surface area contributed by atoms with Crippen LogP contribution in [0.25, 0.3) is 0 Å². The van der Waals surface area contributed by atoms with E-state index in [1.165, 1.54) is 0 Å². The highest BCUT2D eigenvalue weighted by atomic mass is 32.2. The molecule has 1 amide bonds. The molecule has 118 valence electrons. The van der Waals surface area contributed by atoms with Gasteiger partial charge in [-0.2, -0.15) is 0 Å². The molecule has 1 aromatic rings. The summed E-state index contributed by atoms with van der Waals surface area (Å²) in [6.45, 7) is 10.4. The molecule has 1 unspecified atom stereocenters. The van der Waals surface area contributed by atoms with Crippen LogP contribution in [-0.2, 0) is 11.2 Å². The Balaban J connectivity index is 1.93. The van der Waals surface area contributed by atoms with Gasteiger partial charge in [-0.05, 0) is 38.2 Å². The smallest absolute Gasteiger partial charge is 0.233 e. The van der Waals surface area contributed by atoms with Crippen LogP contribution in [0.4, 0.5) is 0 Å². The zero-order chi connectivity index (χ0) is 15.2. The zero-order valence-electron chi connectivity index (χ0n) is 13.3. The molecule has 5 heteroatoms. The Kier molecular flexibility index (Phi) is 6.18. The fourth-order valence-electron chi connectivity index (χ4n) is 2.65. The van der Waals surface area contributed by atoms with Crippen molar-refractivity contribution in [3.8, 4) is 0 Å². The highest BCUT2D eigenvalue weighted by Crippen LogP contribution is 2.39. The Labute approximate surface area is 131 Å². The molecule has 1 aliphatic heterocycles. The first kappa shape index (κ1) is 16.4. The van der Waals surface area contributed by atoms with Crippen LogP contribution in [0.5, 0.6) is 0 Å². The first-order valence-electron chi connectivity index (χ1n) is 7.91. The maximum Gasteiger partial charge on any atom is 0.233 e. The molecule has 4 nitrogen and oxygen atoms in total. The monoisotopic (exact) mass is 310 g/mol. The first-order valence-corrected chi connectivity index (χ1v) is 8.96. The van der Waals surface area contributed by atoms with Crippen LogP contribution >= 0.6 is 11.8 Å². The number of furan rings is 1. The number of hydrogen-bond acceptors (Lipinski definition) is 4. The third-order valence-electron chi connectivity index (χ3n) is 4.01. The van der Waals surface area contributed by atoms with Gasteiger partial charge in [0.15, 0.2) is 0 Å². The van der Waals surface area contributed by atoms with Crippen LogP contribution in [-0.4, -0.2) is 47.6 Å². The van der Waals surface area contributed by atoms with Gasteiger partial charge in [0.05, 0.1) is 5.75 Å². The van der Waals surface area contributed by atoms with Crippen molar-refractivity contribution in [3.05, 3.63) is 23.7 Å². The van der Waals surface area contributed by atoms with Crippen molar-refractivity contribution in [2.24, 2.45) is 0 Å². The summed E-state index contributed by atoms with van der Waals surface area (Å²) >= 11 is 1.67. The molecule has 0 saturated carbocycles. The van der Waals surface area contributed by atoms with E-state index in [4.69, 9.17) is 4.42 Å². The predicted octanol–water partition coefficient (Wildman–Crippen LogP) is 3.15. The van der Waals surface area contributed by atoms with Gasteiger partial charge in [0.2, 0.25) is 5.91 Å². The molecule has 1 fully saturated rings. The highest BCUT2D eigenvalue weighted by molar-refractivity contribution is 8.00. The Morgan fingerprint density at radius 1 is 1.33 bits per heavy atom. The van der Waals surface area contributed by atoms with Crippen LogP contribution in [0.2, 0.25) is 0 Å². The lowest BCUT2D eigenvalue weighted by atomic mass is 10.3. The Morgan fingerprint density at radius 3 is 2.71 bits per heavy atom.